The molecule has 0 bridgehead atoms. The van der Waals surface area contributed by atoms with Crippen LogP contribution in [0, 0.1) is 9.49 Å². The van der Waals surface area contributed by atoms with E-state index in [2.05, 4.69) is 70.6 Å². The first-order chi connectivity index (χ1) is 8.17. The maximum Gasteiger partial charge on any atom is 0.0185 e. The van der Waals surface area contributed by atoms with Crippen LogP contribution < -0.4 is 0 Å². The molecule has 1 aromatic carbocycles. The third-order valence-corrected chi connectivity index (χ3v) is 4.88. The molecule has 1 unspecified atom stereocenters. The molecule has 0 fully saturated rings. The van der Waals surface area contributed by atoms with E-state index in [1.165, 1.54) is 52.1 Å². The Hall–Kier alpha value is 0.430. The number of benzene rings is 1. The molecule has 2 heteroatoms. The summed E-state index contributed by atoms with van der Waals surface area (Å²) < 4.78 is 2.57. The maximum absolute atomic E-state index is 3.52. The molecule has 1 atom stereocenters. The monoisotopic (exact) mass is 408 g/mol. The number of rotatable bonds is 7. The molecule has 0 aromatic heterocycles. The van der Waals surface area contributed by atoms with E-state index in [-0.39, 0.29) is 0 Å². The Morgan fingerprint density at radius 2 is 2.00 bits per heavy atom. The fraction of sp³-hybridized carbons (Fsp3) is 0.600. The van der Waals surface area contributed by atoms with Crippen LogP contribution in [0.1, 0.15) is 51.5 Å². The minimum absolute atomic E-state index is 0.911. The number of unbranched alkanes of at least 4 members (excludes halogenated alkanes) is 1. The molecule has 0 amide bonds. The zero-order valence-electron chi connectivity index (χ0n) is 10.8. The van der Waals surface area contributed by atoms with Gasteiger partial charge in [0.1, 0.15) is 0 Å². The molecule has 0 spiro atoms. The number of halogens is 2. The largest absolute Gasteiger partial charge is 0.0654 e. The predicted molar refractivity (Wildman–Crippen MR) is 88.5 cm³/mol. The van der Waals surface area contributed by atoms with Gasteiger partial charge in [-0.15, -0.1) is 0 Å². The quantitative estimate of drug-likeness (QED) is 0.471. The first kappa shape index (κ1) is 15.5. The Morgan fingerprint density at radius 1 is 1.24 bits per heavy atom. The van der Waals surface area contributed by atoms with Crippen LogP contribution in [0.2, 0.25) is 0 Å². The van der Waals surface area contributed by atoms with Crippen molar-refractivity contribution in [2.75, 3.05) is 0 Å². The van der Waals surface area contributed by atoms with Crippen LogP contribution >= 0.6 is 38.5 Å². The van der Waals surface area contributed by atoms with E-state index in [0.717, 1.165) is 5.92 Å². The van der Waals surface area contributed by atoms with Crippen molar-refractivity contribution in [3.8, 4) is 0 Å². The number of aryl methyl sites for hydroxylation is 1. The number of hydrogen-bond acceptors (Lipinski definition) is 0. The molecule has 1 rings (SSSR count). The molecule has 0 N–H and O–H groups in total. The second-order valence-corrected chi connectivity index (χ2v) is 6.77. The average Bonchev–Trinajstić information content (AvgIpc) is 2.31. The van der Waals surface area contributed by atoms with Gasteiger partial charge in [-0.05, 0) is 59.0 Å². The molecule has 0 aliphatic heterocycles. The Kier molecular flexibility index (Phi) is 7.76. The topological polar surface area (TPSA) is 0 Å². The highest BCUT2D eigenvalue weighted by Gasteiger charge is 2.07. The van der Waals surface area contributed by atoms with E-state index in [1.807, 2.05) is 0 Å². The summed E-state index contributed by atoms with van der Waals surface area (Å²) in [4.78, 5) is 0. The first-order valence-electron chi connectivity index (χ1n) is 6.61. The van der Waals surface area contributed by atoms with Crippen molar-refractivity contribution in [3.05, 3.63) is 31.8 Å². The molecule has 0 saturated carbocycles. The Balaban J connectivity index is 2.47. The Labute approximate surface area is 128 Å². The fourth-order valence-electron chi connectivity index (χ4n) is 2.13. The molecular weight excluding hydrogens is 387 g/mol. The summed E-state index contributed by atoms with van der Waals surface area (Å²) in [6.45, 7) is 4.61. The molecule has 0 saturated heterocycles. The lowest BCUT2D eigenvalue weighted by Crippen LogP contribution is -2.02. The maximum atomic E-state index is 3.52. The van der Waals surface area contributed by atoms with Gasteiger partial charge in [0.15, 0.2) is 0 Å². The summed E-state index contributed by atoms with van der Waals surface area (Å²) in [5, 5.41) is 0. The highest BCUT2D eigenvalue weighted by atomic mass is 127. The molecule has 1 aromatic rings. The second kappa shape index (κ2) is 8.52. The Bertz CT molecular complexity index is 336. The average molecular weight is 409 g/mol. The van der Waals surface area contributed by atoms with Gasteiger partial charge in [-0.2, -0.15) is 0 Å². The fourth-order valence-corrected chi connectivity index (χ4v) is 3.70. The van der Waals surface area contributed by atoms with Crippen molar-refractivity contribution in [1.82, 2.24) is 0 Å². The van der Waals surface area contributed by atoms with Crippen LogP contribution in [-0.4, -0.2) is 0 Å². The van der Waals surface area contributed by atoms with Crippen molar-refractivity contribution in [1.29, 1.82) is 0 Å². The van der Waals surface area contributed by atoms with Gasteiger partial charge >= 0.3 is 0 Å². The molecule has 0 radical (unpaired) electrons. The van der Waals surface area contributed by atoms with Crippen LogP contribution in [0.4, 0.5) is 0 Å². The van der Waals surface area contributed by atoms with E-state index in [9.17, 15) is 0 Å². The van der Waals surface area contributed by atoms with Crippen molar-refractivity contribution in [2.45, 2.75) is 52.4 Å². The van der Waals surface area contributed by atoms with Gasteiger partial charge in [0.25, 0.3) is 0 Å². The lowest BCUT2D eigenvalue weighted by Gasteiger charge is -2.14. The standard InChI is InChI=1S/C15H22BrI/c1-3-5-6-12(4-2)7-8-13-9-10-14(16)11-15(13)17/h9-12H,3-8H2,1-2H3. The van der Waals surface area contributed by atoms with Crippen molar-refractivity contribution in [3.63, 3.8) is 0 Å². The van der Waals surface area contributed by atoms with Crippen molar-refractivity contribution >= 4 is 38.5 Å². The van der Waals surface area contributed by atoms with E-state index in [1.54, 1.807) is 0 Å². The van der Waals surface area contributed by atoms with Gasteiger partial charge in [-0.25, -0.2) is 0 Å². The summed E-state index contributed by atoms with van der Waals surface area (Å²) in [5.74, 6) is 0.911. The third-order valence-electron chi connectivity index (χ3n) is 3.38. The summed E-state index contributed by atoms with van der Waals surface area (Å²) in [6, 6.07) is 6.63. The van der Waals surface area contributed by atoms with Crippen LogP contribution in [0.5, 0.6) is 0 Å². The zero-order chi connectivity index (χ0) is 12.7. The Morgan fingerprint density at radius 3 is 2.59 bits per heavy atom. The summed E-state index contributed by atoms with van der Waals surface area (Å²) in [6.07, 6.45) is 8.01. The zero-order valence-corrected chi connectivity index (χ0v) is 14.6. The van der Waals surface area contributed by atoms with Crippen molar-refractivity contribution in [2.24, 2.45) is 5.92 Å². The molecule has 0 heterocycles. The van der Waals surface area contributed by atoms with E-state index >= 15 is 0 Å². The SMILES string of the molecule is CCCCC(CC)CCc1ccc(Br)cc1I. The van der Waals surface area contributed by atoms with Gasteiger partial charge in [0.2, 0.25) is 0 Å². The molecule has 17 heavy (non-hydrogen) atoms. The summed E-state index contributed by atoms with van der Waals surface area (Å²) in [5.41, 5.74) is 1.50. The van der Waals surface area contributed by atoms with Crippen LogP contribution in [0.15, 0.2) is 22.7 Å². The third kappa shape index (κ3) is 5.73. The highest BCUT2D eigenvalue weighted by molar-refractivity contribution is 14.1. The molecular formula is C15H22BrI. The molecule has 96 valence electrons. The summed E-state index contributed by atoms with van der Waals surface area (Å²) >= 11 is 5.96. The van der Waals surface area contributed by atoms with Crippen molar-refractivity contribution < 1.29 is 0 Å². The molecule has 0 nitrogen and oxygen atoms in total. The molecule has 0 aliphatic rings. The predicted octanol–water partition coefficient (Wildman–Crippen LogP) is 6.20. The van der Waals surface area contributed by atoms with E-state index in [0.29, 0.717) is 0 Å². The van der Waals surface area contributed by atoms with Gasteiger partial charge < -0.3 is 0 Å². The second-order valence-electron chi connectivity index (χ2n) is 4.69. The lowest BCUT2D eigenvalue weighted by molar-refractivity contribution is 0.421. The highest BCUT2D eigenvalue weighted by Crippen LogP contribution is 2.23. The van der Waals surface area contributed by atoms with E-state index in [4.69, 9.17) is 0 Å². The smallest absolute Gasteiger partial charge is 0.0185 e. The van der Waals surface area contributed by atoms with Gasteiger partial charge in [-0.3, -0.25) is 0 Å². The van der Waals surface area contributed by atoms with Gasteiger partial charge in [-0.1, -0.05) is 61.5 Å². The lowest BCUT2D eigenvalue weighted by atomic mass is 9.92. The first-order valence-corrected chi connectivity index (χ1v) is 8.48. The van der Waals surface area contributed by atoms with E-state index < -0.39 is 0 Å². The van der Waals surface area contributed by atoms with Crippen LogP contribution in [0.25, 0.3) is 0 Å². The van der Waals surface area contributed by atoms with Gasteiger partial charge in [0.05, 0.1) is 0 Å². The van der Waals surface area contributed by atoms with Crippen LogP contribution in [0.3, 0.4) is 0 Å². The minimum atomic E-state index is 0.911. The molecule has 0 aliphatic carbocycles. The minimum Gasteiger partial charge on any atom is -0.0654 e. The normalized spacial score (nSPS) is 12.7. The van der Waals surface area contributed by atoms with Gasteiger partial charge in [0, 0.05) is 8.04 Å². The van der Waals surface area contributed by atoms with Crippen LogP contribution in [-0.2, 0) is 6.42 Å². The number of hydrogen-bond donors (Lipinski definition) is 0. The summed E-state index contributed by atoms with van der Waals surface area (Å²) in [7, 11) is 0.